The lowest BCUT2D eigenvalue weighted by Crippen LogP contribution is -2.24. The van der Waals surface area contributed by atoms with Gasteiger partial charge in [-0.05, 0) is 55.4 Å². The predicted octanol–water partition coefficient (Wildman–Crippen LogP) is 4.84. The van der Waals surface area contributed by atoms with Crippen LogP contribution in [0.1, 0.15) is 33.1 Å². The summed E-state index contributed by atoms with van der Waals surface area (Å²) in [4.78, 5) is 20.2. The molecule has 0 bridgehead atoms. The topological polar surface area (TPSA) is 65.5 Å². The van der Waals surface area contributed by atoms with E-state index in [4.69, 9.17) is 0 Å². The number of nitrogens with one attached hydrogen (secondary N) is 1. The maximum atomic E-state index is 11.4. The third-order valence-electron chi connectivity index (χ3n) is 5.22. The molecule has 1 aromatic heterocycles. The van der Waals surface area contributed by atoms with Crippen molar-refractivity contribution in [1.82, 2.24) is 9.88 Å². The van der Waals surface area contributed by atoms with E-state index in [0.717, 1.165) is 6.54 Å². The molecule has 0 unspecified atom stereocenters. The molecule has 0 radical (unpaired) electrons. The largest absolute Gasteiger partial charge is 0.478 e. The molecular weight excluding hydrogens is 382 g/mol. The van der Waals surface area contributed by atoms with Crippen LogP contribution in [0.2, 0.25) is 0 Å². The number of carboxylic acid groups (broad SMARTS) is 1. The molecule has 1 atom stereocenters. The number of fused-ring (bicyclic) bond motifs is 1. The number of nitrogens with zero attached hydrogens (tertiary/aromatic N) is 2. The van der Waals surface area contributed by atoms with Gasteiger partial charge in [0.15, 0.2) is 0 Å². The van der Waals surface area contributed by atoms with Gasteiger partial charge in [0.1, 0.15) is 0 Å². The normalized spacial score (nSPS) is 15.9. The summed E-state index contributed by atoms with van der Waals surface area (Å²) in [5.41, 5.74) is 4.66. The molecule has 0 saturated heterocycles. The number of aryl methyl sites for hydroxylation is 1. The van der Waals surface area contributed by atoms with Crippen LogP contribution in [0.5, 0.6) is 0 Å². The van der Waals surface area contributed by atoms with Crippen LogP contribution in [-0.2, 0) is 6.54 Å². The van der Waals surface area contributed by atoms with E-state index in [9.17, 15) is 9.90 Å². The molecule has 0 saturated carbocycles. The number of aromatic carboxylic acids is 1. The van der Waals surface area contributed by atoms with Gasteiger partial charge in [-0.2, -0.15) is 0 Å². The molecule has 29 heavy (non-hydrogen) atoms. The molecule has 148 valence electrons. The van der Waals surface area contributed by atoms with E-state index < -0.39 is 5.97 Å². The maximum absolute atomic E-state index is 11.4. The van der Waals surface area contributed by atoms with Crippen LogP contribution in [0.4, 0.5) is 5.69 Å². The SMILES string of the molecule is Cc1ccc(Sc2ccc3c(c2)CN(C)[C@@H]3CNc2cnccc2C(=O)O)cc1. The Labute approximate surface area is 174 Å². The zero-order valence-corrected chi connectivity index (χ0v) is 17.2. The van der Waals surface area contributed by atoms with Crippen molar-refractivity contribution in [2.45, 2.75) is 29.3 Å². The van der Waals surface area contributed by atoms with Crippen molar-refractivity contribution in [3.05, 3.63) is 83.2 Å². The van der Waals surface area contributed by atoms with Gasteiger partial charge in [0, 0.05) is 29.1 Å². The average molecular weight is 406 g/mol. The fourth-order valence-corrected chi connectivity index (χ4v) is 4.54. The molecule has 0 fully saturated rings. The molecule has 2 aromatic carbocycles. The van der Waals surface area contributed by atoms with Crippen molar-refractivity contribution in [3.8, 4) is 0 Å². The summed E-state index contributed by atoms with van der Waals surface area (Å²) in [6.45, 7) is 3.60. The summed E-state index contributed by atoms with van der Waals surface area (Å²) in [7, 11) is 2.10. The highest BCUT2D eigenvalue weighted by Crippen LogP contribution is 2.37. The Kier molecular flexibility index (Phi) is 5.56. The highest BCUT2D eigenvalue weighted by Gasteiger charge is 2.27. The lowest BCUT2D eigenvalue weighted by molar-refractivity contribution is 0.0697. The first-order valence-corrected chi connectivity index (χ1v) is 10.3. The molecule has 0 amide bonds. The summed E-state index contributed by atoms with van der Waals surface area (Å²) < 4.78 is 0. The van der Waals surface area contributed by atoms with Gasteiger partial charge in [0.05, 0.1) is 23.5 Å². The molecule has 0 spiro atoms. The van der Waals surface area contributed by atoms with Crippen molar-refractivity contribution >= 4 is 23.4 Å². The van der Waals surface area contributed by atoms with Gasteiger partial charge in [-0.25, -0.2) is 4.79 Å². The van der Waals surface area contributed by atoms with Gasteiger partial charge in [-0.15, -0.1) is 0 Å². The Hall–Kier alpha value is -2.83. The van der Waals surface area contributed by atoms with Gasteiger partial charge in [-0.3, -0.25) is 9.88 Å². The first-order valence-electron chi connectivity index (χ1n) is 9.50. The quantitative estimate of drug-likeness (QED) is 0.612. The highest BCUT2D eigenvalue weighted by molar-refractivity contribution is 7.99. The molecule has 1 aliphatic heterocycles. The van der Waals surface area contributed by atoms with Crippen molar-refractivity contribution < 1.29 is 9.90 Å². The first kappa shape index (κ1) is 19.5. The molecule has 2 N–H and O–H groups in total. The molecule has 5 nitrogen and oxygen atoms in total. The van der Waals surface area contributed by atoms with E-state index in [2.05, 4.69) is 71.6 Å². The van der Waals surface area contributed by atoms with Gasteiger partial charge in [0.25, 0.3) is 0 Å². The summed E-state index contributed by atoms with van der Waals surface area (Å²) in [6.07, 6.45) is 3.07. The van der Waals surface area contributed by atoms with Crippen molar-refractivity contribution in [3.63, 3.8) is 0 Å². The Morgan fingerprint density at radius 3 is 2.72 bits per heavy atom. The minimum Gasteiger partial charge on any atom is -0.478 e. The maximum Gasteiger partial charge on any atom is 0.337 e. The molecular formula is C23H23N3O2S. The summed E-state index contributed by atoms with van der Waals surface area (Å²) in [5.74, 6) is -0.951. The molecule has 0 aliphatic carbocycles. The number of carbonyl (C=O) groups is 1. The number of pyridine rings is 1. The monoisotopic (exact) mass is 405 g/mol. The van der Waals surface area contributed by atoms with Crippen LogP contribution >= 0.6 is 11.8 Å². The Bertz CT molecular complexity index is 1040. The zero-order valence-electron chi connectivity index (χ0n) is 16.4. The second-order valence-electron chi connectivity index (χ2n) is 7.31. The smallest absolute Gasteiger partial charge is 0.337 e. The van der Waals surface area contributed by atoms with Gasteiger partial charge < -0.3 is 10.4 Å². The van der Waals surface area contributed by atoms with Gasteiger partial charge in [-0.1, -0.05) is 35.5 Å². The van der Waals surface area contributed by atoms with E-state index in [0.29, 0.717) is 12.2 Å². The van der Waals surface area contributed by atoms with Crippen molar-refractivity contribution in [1.29, 1.82) is 0 Å². The molecule has 4 rings (SSSR count). The second-order valence-corrected chi connectivity index (χ2v) is 8.46. The Morgan fingerprint density at radius 1 is 1.21 bits per heavy atom. The number of hydrogen-bond donors (Lipinski definition) is 2. The van der Waals surface area contributed by atoms with Crippen molar-refractivity contribution in [2.24, 2.45) is 0 Å². The number of anilines is 1. The number of carboxylic acids is 1. The summed E-state index contributed by atoms with van der Waals surface area (Å²) in [5, 5.41) is 12.6. The van der Waals surface area contributed by atoms with Crippen LogP contribution in [0.3, 0.4) is 0 Å². The standard InChI is InChI=1S/C23H23N3O2S/c1-15-3-5-17(6-4-15)29-18-7-8-19-16(11-18)14-26(2)22(19)13-25-21-12-24-10-9-20(21)23(27)28/h3-12,22,25H,13-14H2,1-2H3,(H,27,28)/t22-/m1/s1. The number of hydrogen-bond acceptors (Lipinski definition) is 5. The van der Waals surface area contributed by atoms with Crippen LogP contribution < -0.4 is 5.32 Å². The molecule has 2 heterocycles. The third-order valence-corrected chi connectivity index (χ3v) is 6.22. The van der Waals surface area contributed by atoms with Gasteiger partial charge in [0.2, 0.25) is 0 Å². The minimum atomic E-state index is -0.951. The first-order chi connectivity index (χ1) is 14.0. The van der Waals surface area contributed by atoms with Crippen molar-refractivity contribution in [2.75, 3.05) is 18.9 Å². The van der Waals surface area contributed by atoms with Crippen LogP contribution in [0, 0.1) is 6.92 Å². The summed E-state index contributed by atoms with van der Waals surface area (Å²) in [6, 6.07) is 16.9. The average Bonchev–Trinajstić information content (AvgIpc) is 3.02. The van der Waals surface area contributed by atoms with Gasteiger partial charge >= 0.3 is 5.97 Å². The summed E-state index contributed by atoms with van der Waals surface area (Å²) >= 11 is 1.77. The van der Waals surface area contributed by atoms with Crippen LogP contribution in [0.15, 0.2) is 70.7 Å². The van der Waals surface area contributed by atoms with E-state index in [1.807, 2.05) is 0 Å². The predicted molar refractivity (Wildman–Crippen MR) is 116 cm³/mol. The lowest BCUT2D eigenvalue weighted by Gasteiger charge is -2.22. The number of likely N-dealkylation sites (N-methyl/N-ethyl adjacent to an activating group) is 1. The third kappa shape index (κ3) is 4.28. The Balaban J connectivity index is 1.49. The fraction of sp³-hybridized carbons (Fsp3) is 0.217. The van der Waals surface area contributed by atoms with E-state index in [1.54, 1.807) is 18.0 Å². The highest BCUT2D eigenvalue weighted by atomic mass is 32.2. The fourth-order valence-electron chi connectivity index (χ4n) is 3.66. The zero-order chi connectivity index (χ0) is 20.4. The van der Waals surface area contributed by atoms with Crippen LogP contribution in [-0.4, -0.2) is 34.6 Å². The number of rotatable bonds is 6. The number of aromatic nitrogens is 1. The number of benzene rings is 2. The minimum absolute atomic E-state index is 0.185. The van der Waals surface area contributed by atoms with E-state index in [1.165, 1.54) is 38.7 Å². The molecule has 6 heteroatoms. The van der Waals surface area contributed by atoms with Crippen LogP contribution in [0.25, 0.3) is 0 Å². The lowest BCUT2D eigenvalue weighted by atomic mass is 10.0. The van der Waals surface area contributed by atoms with E-state index in [-0.39, 0.29) is 11.6 Å². The molecule has 3 aromatic rings. The van der Waals surface area contributed by atoms with E-state index >= 15 is 0 Å². The Morgan fingerprint density at radius 2 is 1.97 bits per heavy atom. The molecule has 1 aliphatic rings. The second kappa shape index (κ2) is 8.27.